The quantitative estimate of drug-likeness (QED) is 0.446. The van der Waals surface area contributed by atoms with Gasteiger partial charge in [-0.25, -0.2) is 4.70 Å². The fourth-order valence-corrected chi connectivity index (χ4v) is 3.70. The Morgan fingerprint density at radius 2 is 1.37 bits per heavy atom. The van der Waals surface area contributed by atoms with Crippen LogP contribution in [0.5, 0.6) is 0 Å². The molecular weight excluding hydrogens is 328 g/mol. The van der Waals surface area contributed by atoms with Gasteiger partial charge in [-0.15, -0.1) is 0 Å². The summed E-state index contributed by atoms with van der Waals surface area (Å²) < 4.78 is 1.37. The van der Waals surface area contributed by atoms with Gasteiger partial charge in [0, 0.05) is 22.8 Å². The Labute approximate surface area is 163 Å². The molecule has 27 heavy (non-hydrogen) atoms. The molecule has 1 aliphatic heterocycles. The normalized spacial score (nSPS) is 14.0. The molecule has 1 aliphatic rings. The third kappa shape index (κ3) is 4.44. The van der Waals surface area contributed by atoms with Crippen molar-refractivity contribution in [2.24, 2.45) is 0 Å². The van der Waals surface area contributed by atoms with Crippen molar-refractivity contribution in [1.29, 1.82) is 0 Å². The van der Waals surface area contributed by atoms with Crippen LogP contribution in [0.25, 0.3) is 16.9 Å². The van der Waals surface area contributed by atoms with Crippen molar-refractivity contribution in [2.75, 3.05) is 0 Å². The smallest absolute Gasteiger partial charge is 0.210 e. The highest BCUT2D eigenvalue weighted by atomic mass is 15.2. The van der Waals surface area contributed by atoms with E-state index in [4.69, 9.17) is 0 Å². The van der Waals surface area contributed by atoms with E-state index in [2.05, 4.69) is 75.4 Å². The lowest BCUT2D eigenvalue weighted by Gasteiger charge is -2.11. The third-order valence-corrected chi connectivity index (χ3v) is 5.23. The molecular formula is C25H30N2. The second-order valence-corrected chi connectivity index (χ2v) is 7.48. The summed E-state index contributed by atoms with van der Waals surface area (Å²) in [6, 6.07) is 17.1. The Morgan fingerprint density at radius 3 is 1.96 bits per heavy atom. The van der Waals surface area contributed by atoms with Crippen molar-refractivity contribution in [1.82, 2.24) is 0 Å². The molecule has 0 unspecified atom stereocenters. The molecule has 0 aliphatic carbocycles. The summed E-state index contributed by atoms with van der Waals surface area (Å²) in [6.07, 6.45) is 9.03. The summed E-state index contributed by atoms with van der Waals surface area (Å²) in [5.74, 6) is 0. The van der Waals surface area contributed by atoms with Gasteiger partial charge in [0.25, 0.3) is 0 Å². The maximum atomic E-state index is 11.0. The van der Waals surface area contributed by atoms with E-state index in [1.807, 2.05) is 0 Å². The number of benzene rings is 2. The van der Waals surface area contributed by atoms with E-state index in [1.54, 1.807) is 0 Å². The van der Waals surface area contributed by atoms with Crippen LogP contribution < -0.4 is 0 Å². The number of allylic oxidation sites excluding steroid dienone is 2. The minimum absolute atomic E-state index is 0.861. The Hall–Kier alpha value is -2.48. The van der Waals surface area contributed by atoms with E-state index in [9.17, 15) is 5.53 Å². The number of hydrogen-bond acceptors (Lipinski definition) is 0. The number of aryl methyl sites for hydroxylation is 2. The first-order chi connectivity index (χ1) is 13.1. The lowest BCUT2D eigenvalue weighted by Crippen LogP contribution is -2.03. The van der Waals surface area contributed by atoms with Crippen molar-refractivity contribution in [3.63, 3.8) is 0 Å². The second-order valence-electron chi connectivity index (χ2n) is 7.48. The number of unbranched alkanes of at least 4 members (excludes halogenated alkanes) is 2. The Morgan fingerprint density at radius 1 is 0.815 bits per heavy atom. The predicted octanol–water partition coefficient (Wildman–Crippen LogP) is 7.19. The number of hydrogen-bond donors (Lipinski definition) is 0. The molecule has 0 aromatic heterocycles. The van der Waals surface area contributed by atoms with Crippen LogP contribution in [0.4, 0.5) is 0 Å². The van der Waals surface area contributed by atoms with E-state index < -0.39 is 0 Å². The molecule has 0 amide bonds. The van der Waals surface area contributed by atoms with Crippen LogP contribution >= 0.6 is 0 Å². The van der Waals surface area contributed by atoms with Gasteiger partial charge in [-0.1, -0.05) is 51.0 Å². The largest absolute Gasteiger partial charge is 0.493 e. The third-order valence-electron chi connectivity index (χ3n) is 5.23. The van der Waals surface area contributed by atoms with Crippen molar-refractivity contribution in [3.05, 3.63) is 88.0 Å². The molecule has 0 saturated carbocycles. The minimum Gasteiger partial charge on any atom is -0.493 e. The fraction of sp³-hybridized carbons (Fsp3) is 0.360. The highest BCUT2D eigenvalue weighted by molar-refractivity contribution is 5.78. The van der Waals surface area contributed by atoms with Gasteiger partial charge in [-0.05, 0) is 68.0 Å². The topological polar surface area (TPSA) is 25.3 Å². The van der Waals surface area contributed by atoms with Crippen LogP contribution in [-0.2, 0) is 12.8 Å². The Balaban J connectivity index is 1.85. The van der Waals surface area contributed by atoms with Crippen molar-refractivity contribution in [3.8, 4) is 0 Å². The first-order valence-corrected chi connectivity index (χ1v) is 10.2. The number of nitrogens with zero attached hydrogens (tertiary/aromatic N) is 2. The van der Waals surface area contributed by atoms with Crippen molar-refractivity contribution < 1.29 is 4.70 Å². The number of rotatable bonds is 8. The molecule has 2 heteroatoms. The molecule has 0 N–H and O–H groups in total. The van der Waals surface area contributed by atoms with Gasteiger partial charge in [0.1, 0.15) is 0 Å². The van der Waals surface area contributed by atoms with Crippen LogP contribution in [0, 0.1) is 0 Å². The first-order valence-electron chi connectivity index (χ1n) is 10.2. The molecule has 140 valence electrons. The molecule has 1 heterocycles. The van der Waals surface area contributed by atoms with Gasteiger partial charge in [-0.2, -0.15) is 0 Å². The van der Waals surface area contributed by atoms with Crippen LogP contribution in [0.2, 0.25) is 0 Å². The molecule has 2 aromatic carbocycles. The standard InChI is InChI=1S/C25H30N2/c1-4-6-10-20-12-8-14-22(17-20)24-16-19(3)25(27(24)26)23-15-9-13-21(18-23)11-7-5-2/h8-9,12-18H,4-7,10-11H2,1-3H3. The maximum absolute atomic E-state index is 11.0. The highest BCUT2D eigenvalue weighted by Gasteiger charge is 2.26. The summed E-state index contributed by atoms with van der Waals surface area (Å²) in [5.41, 5.74) is 18.6. The van der Waals surface area contributed by atoms with Crippen LogP contribution in [-0.4, -0.2) is 4.70 Å². The van der Waals surface area contributed by atoms with Gasteiger partial charge in [-0.3, -0.25) is 0 Å². The SMILES string of the molecule is CCCCc1cccc(C2=CC(C)=C(c3cccc(CCCC)c3)[N+]2=[N-])c1. The lowest BCUT2D eigenvalue weighted by molar-refractivity contribution is -0.344. The molecule has 0 saturated heterocycles. The molecule has 0 radical (unpaired) electrons. The minimum atomic E-state index is 0.861. The van der Waals surface area contributed by atoms with Gasteiger partial charge >= 0.3 is 0 Å². The van der Waals surface area contributed by atoms with Crippen LogP contribution in [0.3, 0.4) is 0 Å². The first kappa shape index (κ1) is 19.3. The molecule has 0 bridgehead atoms. The maximum Gasteiger partial charge on any atom is 0.210 e. The molecule has 2 nitrogen and oxygen atoms in total. The van der Waals surface area contributed by atoms with Gasteiger partial charge in [0.05, 0.1) is 0 Å². The summed E-state index contributed by atoms with van der Waals surface area (Å²) in [6.45, 7) is 6.51. The predicted molar refractivity (Wildman–Crippen MR) is 114 cm³/mol. The Bertz CT molecular complexity index is 887. The lowest BCUT2D eigenvalue weighted by atomic mass is 10.0. The average Bonchev–Trinajstić information content (AvgIpc) is 2.99. The monoisotopic (exact) mass is 358 g/mol. The zero-order valence-electron chi connectivity index (χ0n) is 16.8. The zero-order chi connectivity index (χ0) is 19.2. The molecule has 3 rings (SSSR count). The van der Waals surface area contributed by atoms with Crippen LogP contribution in [0.1, 0.15) is 68.7 Å². The summed E-state index contributed by atoms with van der Waals surface area (Å²) >= 11 is 0. The van der Waals surface area contributed by atoms with Crippen molar-refractivity contribution >= 4 is 11.4 Å². The van der Waals surface area contributed by atoms with E-state index in [-0.39, 0.29) is 0 Å². The summed E-state index contributed by atoms with van der Waals surface area (Å²) in [4.78, 5) is 0. The van der Waals surface area contributed by atoms with Crippen molar-refractivity contribution in [2.45, 2.75) is 59.3 Å². The summed E-state index contributed by atoms with van der Waals surface area (Å²) in [5, 5.41) is 0. The van der Waals surface area contributed by atoms with Crippen LogP contribution in [0.15, 0.2) is 60.2 Å². The molecule has 0 fully saturated rings. The second kappa shape index (κ2) is 8.94. The van der Waals surface area contributed by atoms with E-state index in [0.29, 0.717) is 0 Å². The van der Waals surface area contributed by atoms with E-state index in [0.717, 1.165) is 40.9 Å². The fourth-order valence-electron chi connectivity index (χ4n) is 3.70. The summed E-state index contributed by atoms with van der Waals surface area (Å²) in [7, 11) is 0. The average molecular weight is 359 g/mol. The molecule has 0 atom stereocenters. The van der Waals surface area contributed by atoms with Gasteiger partial charge in [0.2, 0.25) is 11.4 Å². The van der Waals surface area contributed by atoms with E-state index in [1.165, 1.54) is 41.5 Å². The zero-order valence-corrected chi connectivity index (χ0v) is 16.8. The van der Waals surface area contributed by atoms with E-state index >= 15 is 0 Å². The molecule has 2 aromatic rings. The van der Waals surface area contributed by atoms with Gasteiger partial charge in [0.15, 0.2) is 0 Å². The molecule has 0 spiro atoms. The van der Waals surface area contributed by atoms with Gasteiger partial charge < -0.3 is 5.53 Å². The Kier molecular flexibility index (Phi) is 6.39. The highest BCUT2D eigenvalue weighted by Crippen LogP contribution is 2.35.